The summed E-state index contributed by atoms with van der Waals surface area (Å²) in [5.41, 5.74) is -0.377. The van der Waals surface area contributed by atoms with Gasteiger partial charge in [0.05, 0.1) is 18.8 Å². The molecule has 1 saturated heterocycles. The van der Waals surface area contributed by atoms with Gasteiger partial charge in [0, 0.05) is 17.8 Å². The second kappa shape index (κ2) is 8.47. The van der Waals surface area contributed by atoms with Gasteiger partial charge in [0.1, 0.15) is 23.4 Å². The number of rotatable bonds is 4. The fraction of sp³-hybridized carbons (Fsp3) is 0.409. The van der Waals surface area contributed by atoms with Crippen molar-refractivity contribution >= 4 is 11.8 Å². The van der Waals surface area contributed by atoms with E-state index in [-0.39, 0.29) is 24.6 Å². The fourth-order valence-corrected chi connectivity index (χ4v) is 4.29. The molecule has 8 heteroatoms. The Kier molecular flexibility index (Phi) is 5.76. The number of nitrogens with zero attached hydrogens (tertiary/aromatic N) is 2. The molecule has 0 radical (unpaired) electrons. The van der Waals surface area contributed by atoms with E-state index in [0.29, 0.717) is 24.6 Å². The van der Waals surface area contributed by atoms with E-state index in [9.17, 15) is 18.4 Å². The van der Waals surface area contributed by atoms with Crippen LogP contribution in [0, 0.1) is 11.6 Å². The van der Waals surface area contributed by atoms with Crippen molar-refractivity contribution in [1.82, 2.24) is 15.2 Å². The summed E-state index contributed by atoms with van der Waals surface area (Å²) in [6.45, 7) is 0.247. The third kappa shape index (κ3) is 4.05. The van der Waals surface area contributed by atoms with Gasteiger partial charge in [0.2, 0.25) is 5.91 Å². The maximum absolute atomic E-state index is 13.7. The minimum atomic E-state index is -0.925. The van der Waals surface area contributed by atoms with Crippen molar-refractivity contribution in [3.8, 4) is 0 Å². The summed E-state index contributed by atoms with van der Waals surface area (Å²) in [5, 5.41) is 2.80. The summed E-state index contributed by atoms with van der Waals surface area (Å²) in [6, 6.07) is 7.19. The molecule has 2 aliphatic rings. The van der Waals surface area contributed by atoms with E-state index in [1.165, 1.54) is 4.90 Å². The lowest BCUT2D eigenvalue weighted by molar-refractivity contribution is -0.127. The van der Waals surface area contributed by atoms with Gasteiger partial charge in [-0.2, -0.15) is 0 Å². The van der Waals surface area contributed by atoms with Crippen LogP contribution in [-0.2, 0) is 16.1 Å². The van der Waals surface area contributed by atoms with Gasteiger partial charge < -0.3 is 10.1 Å². The number of pyridine rings is 1. The summed E-state index contributed by atoms with van der Waals surface area (Å²) in [7, 11) is 0. The number of halogens is 2. The second-order valence-electron chi connectivity index (χ2n) is 7.71. The highest BCUT2D eigenvalue weighted by Gasteiger charge is 2.53. The maximum Gasteiger partial charge on any atom is 0.257 e. The lowest BCUT2D eigenvalue weighted by atomic mass is 9.89. The highest BCUT2D eigenvalue weighted by molar-refractivity contribution is 5.98. The molecule has 2 heterocycles. The largest absolute Gasteiger partial charge is 0.353 e. The van der Waals surface area contributed by atoms with Gasteiger partial charge in [-0.05, 0) is 49.9 Å². The smallest absolute Gasteiger partial charge is 0.257 e. The molecule has 1 atom stereocenters. The van der Waals surface area contributed by atoms with Crippen LogP contribution >= 0.6 is 0 Å². The van der Waals surface area contributed by atoms with Crippen LogP contribution in [0.3, 0.4) is 0 Å². The topological polar surface area (TPSA) is 71.5 Å². The number of aromatic nitrogens is 1. The molecule has 2 aromatic rings. The minimum absolute atomic E-state index is 0.0393. The SMILES string of the molecule is O=C(NCc1ccccn1)C1COC2(CCCCC2)N1C(=O)c1cc(F)cc(F)c1. The Bertz CT molecular complexity index is 912. The molecule has 1 aromatic carbocycles. The van der Waals surface area contributed by atoms with Gasteiger partial charge in [-0.3, -0.25) is 19.5 Å². The zero-order valence-electron chi connectivity index (χ0n) is 16.4. The van der Waals surface area contributed by atoms with Crippen LogP contribution in [0.25, 0.3) is 0 Å². The number of nitrogens with one attached hydrogen (secondary N) is 1. The number of carbonyl (C=O) groups is 2. The van der Waals surface area contributed by atoms with Crippen LogP contribution in [0.5, 0.6) is 0 Å². The van der Waals surface area contributed by atoms with Crippen molar-refractivity contribution in [3.63, 3.8) is 0 Å². The molecule has 2 amide bonds. The van der Waals surface area contributed by atoms with Crippen molar-refractivity contribution in [2.75, 3.05) is 6.61 Å². The first-order valence-corrected chi connectivity index (χ1v) is 10.1. The molecule has 1 saturated carbocycles. The van der Waals surface area contributed by atoms with E-state index in [1.807, 2.05) is 6.07 Å². The number of ether oxygens (including phenoxy) is 1. The molecular formula is C22H23F2N3O3. The molecule has 1 aliphatic carbocycles. The van der Waals surface area contributed by atoms with Crippen molar-refractivity contribution in [2.45, 2.75) is 50.4 Å². The van der Waals surface area contributed by atoms with Gasteiger partial charge in [-0.1, -0.05) is 12.5 Å². The molecule has 4 rings (SSSR count). The Morgan fingerprint density at radius 1 is 1.13 bits per heavy atom. The third-order valence-corrected chi connectivity index (χ3v) is 5.70. The van der Waals surface area contributed by atoms with E-state index in [1.54, 1.807) is 18.3 Å². The minimum Gasteiger partial charge on any atom is -0.353 e. The Morgan fingerprint density at radius 3 is 2.53 bits per heavy atom. The summed E-state index contributed by atoms with van der Waals surface area (Å²) < 4.78 is 33.5. The highest BCUT2D eigenvalue weighted by Crippen LogP contribution is 2.41. The highest BCUT2D eigenvalue weighted by atomic mass is 19.1. The number of hydrogen-bond acceptors (Lipinski definition) is 4. The Balaban J connectivity index is 1.60. The molecule has 1 N–H and O–H groups in total. The van der Waals surface area contributed by atoms with Crippen LogP contribution in [0.2, 0.25) is 0 Å². The number of benzene rings is 1. The quantitative estimate of drug-likeness (QED) is 0.833. The lowest BCUT2D eigenvalue weighted by Gasteiger charge is -2.41. The normalized spacial score (nSPS) is 20.3. The third-order valence-electron chi connectivity index (χ3n) is 5.70. The summed E-state index contributed by atoms with van der Waals surface area (Å²) in [6.07, 6.45) is 5.51. The molecule has 6 nitrogen and oxygen atoms in total. The average molecular weight is 415 g/mol. The zero-order valence-corrected chi connectivity index (χ0v) is 16.4. The maximum atomic E-state index is 13.7. The molecule has 1 aliphatic heterocycles. The number of amides is 2. The van der Waals surface area contributed by atoms with Crippen LogP contribution in [0.1, 0.15) is 48.2 Å². The van der Waals surface area contributed by atoms with E-state index in [0.717, 1.165) is 31.4 Å². The number of carbonyl (C=O) groups excluding carboxylic acids is 2. The molecule has 1 unspecified atom stereocenters. The van der Waals surface area contributed by atoms with Crippen molar-refractivity contribution in [2.24, 2.45) is 0 Å². The van der Waals surface area contributed by atoms with E-state index < -0.39 is 29.3 Å². The number of hydrogen-bond donors (Lipinski definition) is 1. The molecule has 158 valence electrons. The van der Waals surface area contributed by atoms with E-state index >= 15 is 0 Å². The molecule has 30 heavy (non-hydrogen) atoms. The summed E-state index contributed by atoms with van der Waals surface area (Å²) in [4.78, 5) is 31.9. The van der Waals surface area contributed by atoms with Crippen molar-refractivity contribution in [3.05, 3.63) is 65.5 Å². The standard InChI is InChI=1S/C22H23F2N3O3/c23-16-10-15(11-17(24)12-16)21(29)27-19(14-30-22(27)7-3-1-4-8-22)20(28)26-13-18-6-2-5-9-25-18/h2,5-6,9-12,19H,1,3-4,7-8,13-14H2,(H,26,28). The van der Waals surface area contributed by atoms with Crippen molar-refractivity contribution < 1.29 is 23.1 Å². The predicted molar refractivity (Wildman–Crippen MR) is 104 cm³/mol. The Morgan fingerprint density at radius 2 is 1.87 bits per heavy atom. The van der Waals surface area contributed by atoms with Gasteiger partial charge in [-0.25, -0.2) is 8.78 Å². The monoisotopic (exact) mass is 415 g/mol. The second-order valence-corrected chi connectivity index (χ2v) is 7.71. The average Bonchev–Trinajstić information content (AvgIpc) is 3.10. The first kappa shape index (κ1) is 20.4. The molecule has 2 fully saturated rings. The van der Waals surface area contributed by atoms with Gasteiger partial charge in [0.25, 0.3) is 5.91 Å². The van der Waals surface area contributed by atoms with Gasteiger partial charge >= 0.3 is 0 Å². The Hall–Kier alpha value is -2.87. The van der Waals surface area contributed by atoms with Crippen molar-refractivity contribution in [1.29, 1.82) is 0 Å². The van der Waals surface area contributed by atoms with Crippen LogP contribution in [-0.4, -0.2) is 40.1 Å². The lowest BCUT2D eigenvalue weighted by Crippen LogP contribution is -2.56. The molecule has 1 aromatic heterocycles. The first-order valence-electron chi connectivity index (χ1n) is 10.1. The zero-order chi connectivity index (χ0) is 21.1. The van der Waals surface area contributed by atoms with Gasteiger partial charge in [-0.15, -0.1) is 0 Å². The summed E-state index contributed by atoms with van der Waals surface area (Å²) >= 11 is 0. The first-order chi connectivity index (χ1) is 14.5. The predicted octanol–water partition coefficient (Wildman–Crippen LogP) is 3.18. The summed E-state index contributed by atoms with van der Waals surface area (Å²) in [5.74, 6) is -2.67. The van der Waals surface area contributed by atoms with Crippen LogP contribution in [0.4, 0.5) is 8.78 Å². The molecule has 1 spiro atoms. The fourth-order valence-electron chi connectivity index (χ4n) is 4.29. The van der Waals surface area contributed by atoms with Crippen LogP contribution in [0.15, 0.2) is 42.6 Å². The molecular weight excluding hydrogens is 392 g/mol. The van der Waals surface area contributed by atoms with Gasteiger partial charge in [0.15, 0.2) is 0 Å². The Labute approximate surface area is 173 Å². The van der Waals surface area contributed by atoms with E-state index in [4.69, 9.17) is 4.74 Å². The molecule has 0 bridgehead atoms. The van der Waals surface area contributed by atoms with Crippen LogP contribution < -0.4 is 5.32 Å². The van der Waals surface area contributed by atoms with E-state index in [2.05, 4.69) is 10.3 Å².